The summed E-state index contributed by atoms with van der Waals surface area (Å²) in [5, 5.41) is 9.45. The lowest BCUT2D eigenvalue weighted by molar-refractivity contribution is -0.242. The second-order valence-corrected chi connectivity index (χ2v) is 5.95. The maximum absolute atomic E-state index is 12.7. The maximum atomic E-state index is 12.7. The first-order valence-electron chi connectivity index (χ1n) is 7.41. The summed E-state index contributed by atoms with van der Waals surface area (Å²) in [5.74, 6) is -1.17. The van der Waals surface area contributed by atoms with E-state index < -0.39 is 30.3 Å². The van der Waals surface area contributed by atoms with Crippen molar-refractivity contribution in [2.45, 2.75) is 57.2 Å². The summed E-state index contributed by atoms with van der Waals surface area (Å²) in [4.78, 5) is 0. The number of benzene rings is 1. The summed E-state index contributed by atoms with van der Waals surface area (Å²) in [6.07, 6.45) is -9.46. The quantitative estimate of drug-likeness (QED) is 0.813. The minimum Gasteiger partial charge on any atom is -0.381 e. The molecule has 0 spiro atoms. The van der Waals surface area contributed by atoms with Gasteiger partial charge in [0.15, 0.2) is 11.9 Å². The molecule has 7 heteroatoms. The summed E-state index contributed by atoms with van der Waals surface area (Å²) in [7, 11) is 0. The zero-order valence-electron chi connectivity index (χ0n) is 13.0. The minimum absolute atomic E-state index is 0.202. The Morgan fingerprint density at radius 3 is 2.48 bits per heavy atom. The van der Waals surface area contributed by atoms with Crippen molar-refractivity contribution in [1.82, 2.24) is 0 Å². The second-order valence-electron chi connectivity index (χ2n) is 5.95. The van der Waals surface area contributed by atoms with Gasteiger partial charge in [0.25, 0.3) is 0 Å². The normalized spacial score (nSPS) is 25.5. The summed E-state index contributed by atoms with van der Waals surface area (Å²) in [6.45, 7) is 3.62. The van der Waals surface area contributed by atoms with Crippen LogP contribution in [0, 0.1) is 0 Å². The van der Waals surface area contributed by atoms with E-state index in [9.17, 15) is 18.3 Å². The fourth-order valence-electron chi connectivity index (χ4n) is 2.50. The smallest absolute Gasteiger partial charge is 0.381 e. The third kappa shape index (κ3) is 5.17. The van der Waals surface area contributed by atoms with Crippen LogP contribution in [0.3, 0.4) is 0 Å². The van der Waals surface area contributed by atoms with Gasteiger partial charge in [-0.3, -0.25) is 0 Å². The van der Waals surface area contributed by atoms with Gasteiger partial charge >= 0.3 is 6.18 Å². The van der Waals surface area contributed by atoms with Crippen molar-refractivity contribution in [3.05, 3.63) is 35.9 Å². The number of aliphatic hydroxyl groups excluding tert-OH is 1. The molecule has 1 aliphatic heterocycles. The van der Waals surface area contributed by atoms with Gasteiger partial charge in [-0.2, -0.15) is 13.2 Å². The van der Waals surface area contributed by atoms with Crippen molar-refractivity contribution in [3.63, 3.8) is 0 Å². The molecule has 1 fully saturated rings. The Morgan fingerprint density at radius 2 is 1.87 bits per heavy atom. The largest absolute Gasteiger partial charge is 0.417 e. The van der Waals surface area contributed by atoms with Crippen LogP contribution in [0.2, 0.25) is 0 Å². The van der Waals surface area contributed by atoms with Crippen LogP contribution in [0.4, 0.5) is 13.2 Å². The molecule has 1 saturated heterocycles. The SMILES string of the molecule is CC1(C)O[C@@H]([C@H](O)C(F)(F)F)[C@H](CCOCc2ccccc2)O1. The van der Waals surface area contributed by atoms with E-state index in [2.05, 4.69) is 0 Å². The molecule has 3 atom stereocenters. The van der Waals surface area contributed by atoms with E-state index in [-0.39, 0.29) is 13.0 Å². The van der Waals surface area contributed by atoms with E-state index in [0.29, 0.717) is 6.61 Å². The summed E-state index contributed by atoms with van der Waals surface area (Å²) in [6, 6.07) is 9.44. The molecule has 0 bridgehead atoms. The van der Waals surface area contributed by atoms with E-state index in [4.69, 9.17) is 14.2 Å². The van der Waals surface area contributed by atoms with Crippen LogP contribution in [0.5, 0.6) is 0 Å². The molecule has 0 aliphatic carbocycles. The van der Waals surface area contributed by atoms with E-state index in [0.717, 1.165) is 5.56 Å². The third-order valence-corrected chi connectivity index (χ3v) is 3.53. The van der Waals surface area contributed by atoms with E-state index in [1.807, 2.05) is 30.3 Å². The molecular weight excluding hydrogens is 313 g/mol. The molecule has 0 saturated carbocycles. The molecule has 0 amide bonds. The van der Waals surface area contributed by atoms with Crippen molar-refractivity contribution < 1.29 is 32.5 Å². The summed E-state index contributed by atoms with van der Waals surface area (Å²) >= 11 is 0. The van der Waals surface area contributed by atoms with Gasteiger partial charge in [0.1, 0.15) is 6.10 Å². The molecule has 2 rings (SSSR count). The van der Waals surface area contributed by atoms with Gasteiger partial charge in [0.2, 0.25) is 0 Å². The molecular formula is C16H21F3O4. The van der Waals surface area contributed by atoms with Crippen molar-refractivity contribution in [2.75, 3.05) is 6.61 Å². The molecule has 4 nitrogen and oxygen atoms in total. The Labute approximate surface area is 133 Å². The number of halogens is 3. The maximum Gasteiger partial charge on any atom is 0.417 e. The van der Waals surface area contributed by atoms with Gasteiger partial charge < -0.3 is 19.3 Å². The second kappa shape index (κ2) is 7.17. The van der Waals surface area contributed by atoms with Crippen LogP contribution in [-0.2, 0) is 20.8 Å². The van der Waals surface area contributed by atoms with Gasteiger partial charge in [0.05, 0.1) is 12.7 Å². The van der Waals surface area contributed by atoms with E-state index in [1.165, 1.54) is 13.8 Å². The minimum atomic E-state index is -4.75. The molecule has 23 heavy (non-hydrogen) atoms. The zero-order valence-corrected chi connectivity index (χ0v) is 13.0. The van der Waals surface area contributed by atoms with Gasteiger partial charge in [-0.25, -0.2) is 0 Å². The average molecular weight is 334 g/mol. The lowest BCUT2D eigenvalue weighted by Crippen LogP contribution is -2.45. The Balaban J connectivity index is 1.86. The molecule has 0 unspecified atom stereocenters. The van der Waals surface area contributed by atoms with Gasteiger partial charge in [-0.1, -0.05) is 30.3 Å². The van der Waals surface area contributed by atoms with Crippen LogP contribution >= 0.6 is 0 Å². The molecule has 0 aromatic heterocycles. The van der Waals surface area contributed by atoms with Crippen LogP contribution in [-0.4, -0.2) is 42.0 Å². The topological polar surface area (TPSA) is 47.9 Å². The molecule has 1 heterocycles. The monoisotopic (exact) mass is 334 g/mol. The third-order valence-electron chi connectivity index (χ3n) is 3.53. The van der Waals surface area contributed by atoms with Crippen molar-refractivity contribution in [1.29, 1.82) is 0 Å². The van der Waals surface area contributed by atoms with Crippen LogP contribution in [0.15, 0.2) is 30.3 Å². The molecule has 1 aromatic rings. The van der Waals surface area contributed by atoms with Gasteiger partial charge in [-0.15, -0.1) is 0 Å². The number of ether oxygens (including phenoxy) is 3. The average Bonchev–Trinajstić information content (AvgIpc) is 2.78. The number of alkyl halides is 3. The highest BCUT2D eigenvalue weighted by atomic mass is 19.4. The number of hydrogen-bond acceptors (Lipinski definition) is 4. The standard InChI is InChI=1S/C16H21F3O4/c1-15(2)22-12(13(23-15)14(20)16(17,18)19)8-9-21-10-11-6-4-3-5-7-11/h3-7,12-14,20H,8-10H2,1-2H3/t12-,13+,14-/m0/s1. The predicted octanol–water partition coefficient (Wildman–Crippen LogP) is 3.04. The zero-order chi connectivity index (χ0) is 17.1. The molecule has 0 radical (unpaired) electrons. The molecule has 130 valence electrons. The predicted molar refractivity (Wildman–Crippen MR) is 76.6 cm³/mol. The first kappa shape index (κ1) is 18.2. The molecule has 1 aromatic carbocycles. The molecule has 1 N–H and O–H groups in total. The van der Waals surface area contributed by atoms with Gasteiger partial charge in [-0.05, 0) is 25.8 Å². The summed E-state index contributed by atoms with van der Waals surface area (Å²) < 4.78 is 54.3. The number of rotatable bonds is 6. The van der Waals surface area contributed by atoms with Crippen LogP contribution < -0.4 is 0 Å². The van der Waals surface area contributed by atoms with Crippen molar-refractivity contribution >= 4 is 0 Å². The number of hydrogen-bond donors (Lipinski definition) is 1. The van der Waals surface area contributed by atoms with E-state index in [1.54, 1.807) is 0 Å². The van der Waals surface area contributed by atoms with Crippen molar-refractivity contribution in [2.24, 2.45) is 0 Å². The first-order chi connectivity index (χ1) is 10.7. The Morgan fingerprint density at radius 1 is 1.22 bits per heavy atom. The van der Waals surface area contributed by atoms with E-state index >= 15 is 0 Å². The lowest BCUT2D eigenvalue weighted by atomic mass is 10.1. The fraction of sp³-hybridized carbons (Fsp3) is 0.625. The Hall–Kier alpha value is -1.15. The lowest BCUT2D eigenvalue weighted by Gasteiger charge is -2.24. The Kier molecular flexibility index (Phi) is 5.67. The summed E-state index contributed by atoms with van der Waals surface area (Å²) in [5.41, 5.74) is 0.975. The highest BCUT2D eigenvalue weighted by Crippen LogP contribution is 2.36. The fourth-order valence-corrected chi connectivity index (χ4v) is 2.50. The molecule has 1 aliphatic rings. The van der Waals surface area contributed by atoms with Crippen molar-refractivity contribution in [3.8, 4) is 0 Å². The highest BCUT2D eigenvalue weighted by molar-refractivity contribution is 5.13. The van der Waals surface area contributed by atoms with Crippen LogP contribution in [0.1, 0.15) is 25.8 Å². The van der Waals surface area contributed by atoms with Crippen LogP contribution in [0.25, 0.3) is 0 Å². The highest BCUT2D eigenvalue weighted by Gasteiger charge is 2.53. The Bertz CT molecular complexity index is 490. The van der Waals surface area contributed by atoms with Gasteiger partial charge in [0, 0.05) is 6.61 Å². The first-order valence-corrected chi connectivity index (χ1v) is 7.41. The number of aliphatic hydroxyl groups is 1.